The molecule has 0 bridgehead atoms. The first-order valence-corrected chi connectivity index (χ1v) is 8.52. The highest BCUT2D eigenvalue weighted by Crippen LogP contribution is 2.35. The molecule has 6 heteroatoms. The second-order valence-corrected chi connectivity index (χ2v) is 7.51. The summed E-state index contributed by atoms with van der Waals surface area (Å²) in [6, 6.07) is 4.96. The van der Waals surface area contributed by atoms with E-state index in [4.69, 9.17) is 0 Å². The Bertz CT molecular complexity index is 653. The molecule has 0 saturated carbocycles. The minimum atomic E-state index is -1.32. The SMILES string of the molecule is CCC(C)(C)N(C(=O)[O-])c1ccc(C)c(N(C(=O)[O-])C(C)(C)CC)c1. The second kappa shape index (κ2) is 7.33. The molecule has 2 amide bonds. The molecule has 0 unspecified atom stereocenters. The van der Waals surface area contributed by atoms with Crippen molar-refractivity contribution in [3.05, 3.63) is 23.8 Å². The van der Waals surface area contributed by atoms with Gasteiger partial charge < -0.3 is 29.6 Å². The van der Waals surface area contributed by atoms with Crippen molar-refractivity contribution in [2.45, 2.75) is 72.4 Å². The predicted octanol–water partition coefficient (Wildman–Crippen LogP) is 2.67. The Morgan fingerprint density at radius 1 is 0.920 bits per heavy atom. The van der Waals surface area contributed by atoms with Crippen molar-refractivity contribution < 1.29 is 19.8 Å². The maximum Gasteiger partial charge on any atom is 0.142 e. The summed E-state index contributed by atoms with van der Waals surface area (Å²) in [5.41, 5.74) is 0.155. The van der Waals surface area contributed by atoms with Crippen LogP contribution in [-0.4, -0.2) is 23.3 Å². The Hall–Kier alpha value is -2.24. The number of carbonyl (C=O) groups excluding carboxylic acids is 2. The highest BCUT2D eigenvalue weighted by atomic mass is 16.4. The zero-order valence-corrected chi connectivity index (χ0v) is 16.2. The average molecular weight is 348 g/mol. The van der Waals surface area contributed by atoms with Crippen LogP contribution in [0.25, 0.3) is 0 Å². The van der Waals surface area contributed by atoms with E-state index in [9.17, 15) is 19.8 Å². The Morgan fingerprint density at radius 3 is 1.76 bits per heavy atom. The molecule has 0 atom stereocenters. The molecule has 0 fully saturated rings. The lowest BCUT2D eigenvalue weighted by molar-refractivity contribution is -0.248. The van der Waals surface area contributed by atoms with Crippen molar-refractivity contribution in [1.29, 1.82) is 0 Å². The number of hydrogen-bond donors (Lipinski definition) is 0. The van der Waals surface area contributed by atoms with E-state index in [1.807, 2.05) is 13.8 Å². The average Bonchev–Trinajstić information content (AvgIpc) is 2.49. The summed E-state index contributed by atoms with van der Waals surface area (Å²) < 4.78 is 0. The molecule has 0 radical (unpaired) electrons. The topological polar surface area (TPSA) is 86.7 Å². The Labute approximate surface area is 150 Å². The number of anilines is 2. The van der Waals surface area contributed by atoms with E-state index in [2.05, 4.69) is 0 Å². The maximum atomic E-state index is 11.8. The third-order valence-electron chi connectivity index (χ3n) is 5.00. The lowest BCUT2D eigenvalue weighted by Gasteiger charge is -2.43. The number of benzene rings is 1. The summed E-state index contributed by atoms with van der Waals surface area (Å²) in [7, 11) is 0. The van der Waals surface area contributed by atoms with Crippen LogP contribution >= 0.6 is 0 Å². The molecule has 0 aliphatic carbocycles. The van der Waals surface area contributed by atoms with Gasteiger partial charge in [0, 0.05) is 22.5 Å². The molecular formula is C19H28N2O4-2. The smallest absolute Gasteiger partial charge is 0.142 e. The highest BCUT2D eigenvalue weighted by Gasteiger charge is 2.30. The van der Waals surface area contributed by atoms with E-state index in [0.717, 1.165) is 5.56 Å². The third kappa shape index (κ3) is 4.24. The highest BCUT2D eigenvalue weighted by molar-refractivity contribution is 5.91. The van der Waals surface area contributed by atoms with Gasteiger partial charge in [-0.05, 0) is 65.2 Å². The van der Waals surface area contributed by atoms with E-state index < -0.39 is 23.3 Å². The third-order valence-corrected chi connectivity index (χ3v) is 5.00. The molecule has 0 aromatic heterocycles. The maximum absolute atomic E-state index is 11.8. The van der Waals surface area contributed by atoms with Gasteiger partial charge in [0.25, 0.3) is 0 Å². The summed E-state index contributed by atoms with van der Waals surface area (Å²) in [4.78, 5) is 25.9. The van der Waals surface area contributed by atoms with Gasteiger partial charge >= 0.3 is 0 Å². The number of carbonyl (C=O) groups is 2. The zero-order valence-electron chi connectivity index (χ0n) is 16.2. The number of hydrogen-bond acceptors (Lipinski definition) is 4. The molecule has 25 heavy (non-hydrogen) atoms. The largest absolute Gasteiger partial charge is 0.530 e. The molecule has 0 spiro atoms. The van der Waals surface area contributed by atoms with Crippen LogP contribution in [-0.2, 0) is 0 Å². The second-order valence-electron chi connectivity index (χ2n) is 7.51. The lowest BCUT2D eigenvalue weighted by atomic mass is 9.96. The Kier molecular flexibility index (Phi) is 6.10. The van der Waals surface area contributed by atoms with Gasteiger partial charge in [-0.15, -0.1) is 0 Å². The molecule has 140 valence electrons. The van der Waals surface area contributed by atoms with Gasteiger partial charge in [-0.2, -0.15) is 0 Å². The molecule has 1 aromatic rings. The van der Waals surface area contributed by atoms with Gasteiger partial charge in [0.05, 0.1) is 0 Å². The van der Waals surface area contributed by atoms with Crippen molar-refractivity contribution in [2.24, 2.45) is 0 Å². The molecule has 0 N–H and O–H groups in total. The van der Waals surface area contributed by atoms with Gasteiger partial charge in [-0.25, -0.2) is 0 Å². The Morgan fingerprint density at radius 2 is 1.36 bits per heavy atom. The molecule has 0 heterocycles. The number of amides is 2. The first-order chi connectivity index (χ1) is 11.4. The normalized spacial score (nSPS) is 12.0. The monoisotopic (exact) mass is 348 g/mol. The van der Waals surface area contributed by atoms with Crippen LogP contribution in [0.1, 0.15) is 59.9 Å². The Balaban J connectivity index is 3.58. The van der Waals surface area contributed by atoms with E-state index in [0.29, 0.717) is 24.2 Å². The first kappa shape index (κ1) is 20.8. The zero-order chi connectivity index (χ0) is 19.6. The summed E-state index contributed by atoms with van der Waals surface area (Å²) in [5.74, 6) is 0. The standard InChI is InChI=1S/C19H30N2O4/c1-8-18(4,5)20(16(22)23)14-11-10-13(3)15(12-14)21(17(24)25)19(6,7)9-2/h10-12H,8-9H2,1-7H3,(H,22,23)(H,24,25)/p-2. The number of aryl methyl sites for hydroxylation is 1. The first-order valence-electron chi connectivity index (χ1n) is 8.52. The molecule has 0 saturated heterocycles. The lowest BCUT2D eigenvalue weighted by Crippen LogP contribution is -2.54. The molecule has 0 aliphatic heterocycles. The van der Waals surface area contributed by atoms with Crippen LogP contribution in [0.2, 0.25) is 0 Å². The van der Waals surface area contributed by atoms with Crippen molar-refractivity contribution in [3.63, 3.8) is 0 Å². The molecule has 0 aliphatic rings. The van der Waals surface area contributed by atoms with Crippen LogP contribution in [0.15, 0.2) is 18.2 Å². The summed E-state index contributed by atoms with van der Waals surface area (Å²) in [6.45, 7) is 12.8. The fourth-order valence-corrected chi connectivity index (χ4v) is 2.67. The fraction of sp³-hybridized carbons (Fsp3) is 0.579. The van der Waals surface area contributed by atoms with Crippen molar-refractivity contribution in [1.82, 2.24) is 0 Å². The van der Waals surface area contributed by atoms with Crippen LogP contribution in [0, 0.1) is 6.92 Å². The van der Waals surface area contributed by atoms with E-state index in [-0.39, 0.29) is 0 Å². The predicted molar refractivity (Wildman–Crippen MR) is 95.7 cm³/mol. The van der Waals surface area contributed by atoms with E-state index in [1.54, 1.807) is 52.8 Å². The fourth-order valence-electron chi connectivity index (χ4n) is 2.67. The van der Waals surface area contributed by atoms with Crippen LogP contribution < -0.4 is 20.0 Å². The molecule has 1 rings (SSSR count). The van der Waals surface area contributed by atoms with Gasteiger partial charge in [0.1, 0.15) is 12.2 Å². The summed E-state index contributed by atoms with van der Waals surface area (Å²) >= 11 is 0. The van der Waals surface area contributed by atoms with Gasteiger partial charge in [-0.3, -0.25) is 0 Å². The van der Waals surface area contributed by atoms with Crippen LogP contribution in [0.4, 0.5) is 21.0 Å². The van der Waals surface area contributed by atoms with Crippen LogP contribution in [0.3, 0.4) is 0 Å². The number of carboxylic acid groups (broad SMARTS) is 2. The van der Waals surface area contributed by atoms with Gasteiger partial charge in [0.2, 0.25) is 0 Å². The van der Waals surface area contributed by atoms with E-state index in [1.165, 1.54) is 9.80 Å². The minimum Gasteiger partial charge on any atom is -0.530 e. The number of rotatable bonds is 6. The summed E-state index contributed by atoms with van der Waals surface area (Å²) in [5, 5.41) is 23.5. The van der Waals surface area contributed by atoms with Crippen LogP contribution in [0.5, 0.6) is 0 Å². The van der Waals surface area contributed by atoms with Gasteiger partial charge in [-0.1, -0.05) is 19.9 Å². The van der Waals surface area contributed by atoms with E-state index >= 15 is 0 Å². The molecular weight excluding hydrogens is 320 g/mol. The molecule has 6 nitrogen and oxygen atoms in total. The van der Waals surface area contributed by atoms with Crippen molar-refractivity contribution in [3.8, 4) is 0 Å². The van der Waals surface area contributed by atoms with Crippen molar-refractivity contribution >= 4 is 23.6 Å². The van der Waals surface area contributed by atoms with Gasteiger partial charge in [0.15, 0.2) is 0 Å². The molecule has 1 aromatic carbocycles. The minimum absolute atomic E-state index is 0.380. The summed E-state index contributed by atoms with van der Waals surface area (Å²) in [6.07, 6.45) is -1.48. The number of nitrogens with zero attached hydrogens (tertiary/aromatic N) is 2. The quantitative estimate of drug-likeness (QED) is 0.791. The van der Waals surface area contributed by atoms with Crippen molar-refractivity contribution in [2.75, 3.05) is 9.80 Å².